The topological polar surface area (TPSA) is 75.1 Å². The van der Waals surface area contributed by atoms with Crippen molar-refractivity contribution in [1.29, 1.82) is 0 Å². The summed E-state index contributed by atoms with van der Waals surface area (Å²) in [5.74, 6) is 0.620. The average molecular weight is 351 g/mol. The Kier molecular flexibility index (Phi) is 3.93. The first kappa shape index (κ1) is 15.7. The molecule has 0 saturated carbocycles. The summed E-state index contributed by atoms with van der Waals surface area (Å²) in [4.78, 5) is 17.0. The number of aromatic amines is 1. The van der Waals surface area contributed by atoms with E-state index in [0.29, 0.717) is 5.78 Å². The van der Waals surface area contributed by atoms with E-state index in [9.17, 15) is 4.79 Å². The van der Waals surface area contributed by atoms with Gasteiger partial charge in [-0.2, -0.15) is 0 Å². The number of imidazole rings is 1. The number of amides is 1. The summed E-state index contributed by atoms with van der Waals surface area (Å²) in [5.41, 5.74) is 3.74. The largest absolute Gasteiger partial charge is 0.325 e. The van der Waals surface area contributed by atoms with Crippen LogP contribution in [0, 0.1) is 6.92 Å². The number of para-hydroxylation sites is 3. The Bertz CT molecular complexity index is 1070. The van der Waals surface area contributed by atoms with Gasteiger partial charge in [0.2, 0.25) is 11.7 Å². The molecule has 2 aromatic heterocycles. The van der Waals surface area contributed by atoms with E-state index in [-0.39, 0.29) is 11.2 Å². The standard InChI is InChI=1S/C18H17N5OS/c1-11-7-3-4-8-13(11)19-16(24)12(2)25-18-22-21-17-20-14-9-5-6-10-15(14)23(17)18/h3-10,12H,1-2H3,(H,19,24)(H,20,21). The fourth-order valence-electron chi connectivity index (χ4n) is 2.68. The van der Waals surface area contributed by atoms with Gasteiger partial charge in [0.1, 0.15) is 0 Å². The maximum Gasteiger partial charge on any atom is 0.237 e. The molecule has 4 rings (SSSR count). The van der Waals surface area contributed by atoms with Gasteiger partial charge >= 0.3 is 0 Å². The number of aryl methyl sites for hydroxylation is 1. The highest BCUT2D eigenvalue weighted by molar-refractivity contribution is 8.00. The van der Waals surface area contributed by atoms with Crippen molar-refractivity contribution in [3.05, 3.63) is 54.1 Å². The van der Waals surface area contributed by atoms with E-state index in [4.69, 9.17) is 0 Å². The van der Waals surface area contributed by atoms with Gasteiger partial charge in [-0.1, -0.05) is 42.1 Å². The number of aromatic nitrogens is 4. The third-order valence-electron chi connectivity index (χ3n) is 4.06. The Morgan fingerprint density at radius 3 is 2.80 bits per heavy atom. The molecule has 7 heteroatoms. The normalized spacial score (nSPS) is 12.6. The van der Waals surface area contributed by atoms with Crippen molar-refractivity contribution >= 4 is 40.2 Å². The number of carbonyl (C=O) groups is 1. The molecular weight excluding hydrogens is 334 g/mol. The molecule has 0 fully saturated rings. The van der Waals surface area contributed by atoms with Crippen molar-refractivity contribution in [2.24, 2.45) is 0 Å². The predicted octanol–water partition coefficient (Wildman–Crippen LogP) is 3.64. The van der Waals surface area contributed by atoms with Crippen LogP contribution >= 0.6 is 11.8 Å². The maximum absolute atomic E-state index is 12.5. The molecule has 0 aliphatic heterocycles. The number of hydrogen-bond donors (Lipinski definition) is 2. The molecule has 0 aliphatic rings. The quantitative estimate of drug-likeness (QED) is 0.551. The number of H-pyrrole nitrogens is 1. The van der Waals surface area contributed by atoms with Gasteiger partial charge in [0.05, 0.1) is 16.3 Å². The minimum Gasteiger partial charge on any atom is -0.325 e. The summed E-state index contributed by atoms with van der Waals surface area (Å²) in [7, 11) is 0. The van der Waals surface area contributed by atoms with Crippen molar-refractivity contribution < 1.29 is 4.79 Å². The zero-order valence-electron chi connectivity index (χ0n) is 13.9. The van der Waals surface area contributed by atoms with Crippen LogP contribution in [-0.4, -0.2) is 30.7 Å². The lowest BCUT2D eigenvalue weighted by Gasteiger charge is -2.12. The second-order valence-electron chi connectivity index (χ2n) is 5.83. The zero-order valence-corrected chi connectivity index (χ0v) is 14.7. The van der Waals surface area contributed by atoms with Crippen LogP contribution in [0.25, 0.3) is 16.8 Å². The molecule has 2 heterocycles. The second kappa shape index (κ2) is 6.25. The molecule has 126 valence electrons. The van der Waals surface area contributed by atoms with E-state index < -0.39 is 0 Å². The van der Waals surface area contributed by atoms with E-state index in [2.05, 4.69) is 20.5 Å². The SMILES string of the molecule is Cc1ccccc1NC(=O)C(C)Sc1n[nH]c2nc3ccccc3n12. The van der Waals surface area contributed by atoms with E-state index in [1.54, 1.807) is 0 Å². The molecule has 0 radical (unpaired) electrons. The first-order valence-corrected chi connectivity index (χ1v) is 8.86. The van der Waals surface area contributed by atoms with Gasteiger partial charge in [-0.15, -0.1) is 5.10 Å². The summed E-state index contributed by atoms with van der Waals surface area (Å²) < 4.78 is 1.94. The van der Waals surface area contributed by atoms with E-state index in [1.165, 1.54) is 11.8 Å². The van der Waals surface area contributed by atoms with Crippen LogP contribution in [0.4, 0.5) is 5.69 Å². The Hall–Kier alpha value is -2.80. The highest BCUT2D eigenvalue weighted by Gasteiger charge is 2.20. The van der Waals surface area contributed by atoms with Gasteiger partial charge in [-0.3, -0.25) is 9.20 Å². The van der Waals surface area contributed by atoms with Crippen LogP contribution in [0.5, 0.6) is 0 Å². The number of thioether (sulfide) groups is 1. The van der Waals surface area contributed by atoms with Crippen LogP contribution in [-0.2, 0) is 4.79 Å². The lowest BCUT2D eigenvalue weighted by molar-refractivity contribution is -0.115. The lowest BCUT2D eigenvalue weighted by Crippen LogP contribution is -2.23. The maximum atomic E-state index is 12.5. The number of anilines is 1. The van der Waals surface area contributed by atoms with Crippen LogP contribution in [0.3, 0.4) is 0 Å². The average Bonchev–Trinajstić information content (AvgIpc) is 3.16. The molecular formula is C18H17N5OS. The van der Waals surface area contributed by atoms with Crippen molar-refractivity contribution in [3.8, 4) is 0 Å². The number of nitrogens with zero attached hydrogens (tertiary/aromatic N) is 3. The van der Waals surface area contributed by atoms with E-state index in [1.807, 2.05) is 66.8 Å². The Labute approximate surface area is 148 Å². The first-order valence-electron chi connectivity index (χ1n) is 7.98. The number of rotatable bonds is 4. The van der Waals surface area contributed by atoms with Crippen molar-refractivity contribution in [2.75, 3.05) is 5.32 Å². The number of benzene rings is 2. The molecule has 0 spiro atoms. The van der Waals surface area contributed by atoms with Gasteiger partial charge < -0.3 is 5.32 Å². The molecule has 6 nitrogen and oxygen atoms in total. The molecule has 2 aromatic carbocycles. The lowest BCUT2D eigenvalue weighted by atomic mass is 10.2. The third-order valence-corrected chi connectivity index (χ3v) is 5.11. The second-order valence-corrected chi connectivity index (χ2v) is 7.14. The third kappa shape index (κ3) is 2.87. The predicted molar refractivity (Wildman–Crippen MR) is 100.0 cm³/mol. The Morgan fingerprint density at radius 1 is 1.20 bits per heavy atom. The smallest absolute Gasteiger partial charge is 0.237 e. The molecule has 1 amide bonds. The summed E-state index contributed by atoms with van der Waals surface area (Å²) in [6.45, 7) is 3.85. The fourth-order valence-corrected chi connectivity index (χ4v) is 3.55. The fraction of sp³-hybridized carbons (Fsp3) is 0.167. The number of carbonyl (C=O) groups excluding carboxylic acids is 1. The molecule has 0 saturated heterocycles. The van der Waals surface area contributed by atoms with Gasteiger partial charge in [0, 0.05) is 5.69 Å². The molecule has 2 N–H and O–H groups in total. The molecule has 25 heavy (non-hydrogen) atoms. The number of hydrogen-bond acceptors (Lipinski definition) is 4. The Morgan fingerprint density at radius 2 is 1.96 bits per heavy atom. The number of fused-ring (bicyclic) bond motifs is 3. The Balaban J connectivity index is 1.58. The highest BCUT2D eigenvalue weighted by atomic mass is 32.2. The van der Waals surface area contributed by atoms with Crippen molar-refractivity contribution in [3.63, 3.8) is 0 Å². The van der Waals surface area contributed by atoms with Crippen LogP contribution in [0.1, 0.15) is 12.5 Å². The summed E-state index contributed by atoms with van der Waals surface area (Å²) >= 11 is 1.40. The minimum atomic E-state index is -0.299. The summed E-state index contributed by atoms with van der Waals surface area (Å²) in [6, 6.07) is 15.6. The van der Waals surface area contributed by atoms with Gasteiger partial charge in [0.15, 0.2) is 5.16 Å². The van der Waals surface area contributed by atoms with Crippen molar-refractivity contribution in [1.82, 2.24) is 19.6 Å². The molecule has 0 aliphatic carbocycles. The molecule has 0 bridgehead atoms. The first-order chi connectivity index (χ1) is 12.1. The molecule has 1 unspecified atom stereocenters. The van der Waals surface area contributed by atoms with Gasteiger partial charge in [0.25, 0.3) is 0 Å². The van der Waals surface area contributed by atoms with Gasteiger partial charge in [-0.25, -0.2) is 10.1 Å². The molecule has 1 atom stereocenters. The van der Waals surface area contributed by atoms with Crippen molar-refractivity contribution in [2.45, 2.75) is 24.3 Å². The van der Waals surface area contributed by atoms with E-state index in [0.717, 1.165) is 27.4 Å². The highest BCUT2D eigenvalue weighted by Crippen LogP contribution is 2.26. The monoisotopic (exact) mass is 351 g/mol. The van der Waals surface area contributed by atoms with E-state index >= 15 is 0 Å². The number of nitrogens with one attached hydrogen (secondary N) is 2. The minimum absolute atomic E-state index is 0.0557. The summed E-state index contributed by atoms with van der Waals surface area (Å²) in [6.07, 6.45) is 0. The van der Waals surface area contributed by atoms with Gasteiger partial charge in [-0.05, 0) is 37.6 Å². The summed E-state index contributed by atoms with van der Waals surface area (Å²) in [5, 5.41) is 10.6. The van der Waals surface area contributed by atoms with Crippen LogP contribution < -0.4 is 5.32 Å². The van der Waals surface area contributed by atoms with Crippen LogP contribution in [0.2, 0.25) is 0 Å². The van der Waals surface area contributed by atoms with Crippen LogP contribution in [0.15, 0.2) is 53.7 Å². The molecule has 4 aromatic rings. The zero-order chi connectivity index (χ0) is 17.4.